The van der Waals surface area contributed by atoms with Crippen molar-refractivity contribution in [2.45, 2.75) is 58.6 Å². The molecule has 0 aromatic carbocycles. The van der Waals surface area contributed by atoms with Gasteiger partial charge in [0.25, 0.3) is 0 Å². The monoisotopic (exact) mass is 305 g/mol. The van der Waals surface area contributed by atoms with Gasteiger partial charge in [0.1, 0.15) is 21.5 Å². The first-order valence-electron chi connectivity index (χ1n) is 7.32. The molecular formula is C14H27NO4S. The van der Waals surface area contributed by atoms with Crippen LogP contribution in [0.15, 0.2) is 0 Å². The first-order valence-corrected chi connectivity index (χ1v) is 9.14. The SMILES string of the molecule is CCS(=O)(=O)CCCN1CCC[C@H]1C(=O)OC(C)(C)C. The molecule has 1 fully saturated rings. The van der Waals surface area contributed by atoms with E-state index in [-0.39, 0.29) is 23.5 Å². The van der Waals surface area contributed by atoms with Gasteiger partial charge < -0.3 is 4.74 Å². The molecule has 5 nitrogen and oxygen atoms in total. The molecule has 1 aliphatic heterocycles. The summed E-state index contributed by atoms with van der Waals surface area (Å²) in [6.07, 6.45) is 2.34. The number of hydrogen-bond acceptors (Lipinski definition) is 5. The van der Waals surface area contributed by atoms with Crippen molar-refractivity contribution >= 4 is 15.8 Å². The van der Waals surface area contributed by atoms with Crippen LogP contribution in [0.5, 0.6) is 0 Å². The lowest BCUT2D eigenvalue weighted by molar-refractivity contribution is -0.160. The summed E-state index contributed by atoms with van der Waals surface area (Å²) in [5.74, 6) is 0.192. The Morgan fingerprint density at radius 1 is 1.35 bits per heavy atom. The lowest BCUT2D eigenvalue weighted by Gasteiger charge is -2.27. The number of likely N-dealkylation sites (tertiary alicyclic amines) is 1. The zero-order chi connectivity index (χ0) is 15.4. The van der Waals surface area contributed by atoms with E-state index in [1.54, 1.807) is 6.92 Å². The van der Waals surface area contributed by atoms with Gasteiger partial charge in [-0.3, -0.25) is 9.69 Å². The minimum atomic E-state index is -2.92. The molecule has 1 saturated heterocycles. The average Bonchev–Trinajstić information content (AvgIpc) is 2.75. The van der Waals surface area contributed by atoms with Crippen LogP contribution < -0.4 is 0 Å². The van der Waals surface area contributed by atoms with Crippen LogP contribution in [0.25, 0.3) is 0 Å². The highest BCUT2D eigenvalue weighted by Crippen LogP contribution is 2.21. The van der Waals surface area contributed by atoms with Gasteiger partial charge in [-0.05, 0) is 53.1 Å². The Morgan fingerprint density at radius 3 is 2.55 bits per heavy atom. The highest BCUT2D eigenvalue weighted by Gasteiger charge is 2.33. The lowest BCUT2D eigenvalue weighted by Crippen LogP contribution is -2.41. The van der Waals surface area contributed by atoms with Crippen LogP contribution in [-0.4, -0.2) is 55.5 Å². The summed E-state index contributed by atoms with van der Waals surface area (Å²) in [5, 5.41) is 0. The number of carbonyl (C=O) groups excluding carboxylic acids is 1. The van der Waals surface area contributed by atoms with Gasteiger partial charge >= 0.3 is 5.97 Å². The fourth-order valence-electron chi connectivity index (χ4n) is 2.36. The van der Waals surface area contributed by atoms with Crippen LogP contribution in [0.4, 0.5) is 0 Å². The minimum absolute atomic E-state index is 0.183. The maximum absolute atomic E-state index is 12.1. The third-order valence-electron chi connectivity index (χ3n) is 3.38. The Morgan fingerprint density at radius 2 is 2.00 bits per heavy atom. The van der Waals surface area contributed by atoms with Gasteiger partial charge in [0.2, 0.25) is 0 Å². The second-order valence-corrected chi connectivity index (χ2v) is 8.79. The van der Waals surface area contributed by atoms with Crippen LogP contribution >= 0.6 is 0 Å². The second-order valence-electron chi connectivity index (χ2n) is 6.32. The van der Waals surface area contributed by atoms with Gasteiger partial charge in [0.15, 0.2) is 0 Å². The van der Waals surface area contributed by atoms with Crippen molar-refractivity contribution < 1.29 is 17.9 Å². The molecule has 6 heteroatoms. The van der Waals surface area contributed by atoms with Crippen molar-refractivity contribution in [2.75, 3.05) is 24.6 Å². The van der Waals surface area contributed by atoms with E-state index in [4.69, 9.17) is 4.74 Å². The summed E-state index contributed by atoms with van der Waals surface area (Å²) >= 11 is 0. The maximum Gasteiger partial charge on any atom is 0.323 e. The first kappa shape index (κ1) is 17.4. The van der Waals surface area contributed by atoms with Crippen molar-refractivity contribution in [3.63, 3.8) is 0 Å². The van der Waals surface area contributed by atoms with Crippen molar-refractivity contribution in [1.82, 2.24) is 4.90 Å². The van der Waals surface area contributed by atoms with E-state index in [0.717, 1.165) is 19.4 Å². The molecule has 0 spiro atoms. The van der Waals surface area contributed by atoms with E-state index < -0.39 is 15.4 Å². The third-order valence-corrected chi connectivity index (χ3v) is 5.17. The molecule has 20 heavy (non-hydrogen) atoms. The quantitative estimate of drug-likeness (QED) is 0.698. The molecule has 0 saturated carbocycles. The van der Waals surface area contributed by atoms with Crippen molar-refractivity contribution in [2.24, 2.45) is 0 Å². The number of ether oxygens (including phenoxy) is 1. The fourth-order valence-corrected chi connectivity index (χ4v) is 3.22. The number of nitrogens with zero attached hydrogens (tertiary/aromatic N) is 1. The predicted octanol–water partition coefficient (Wildman–Crippen LogP) is 1.62. The van der Waals surface area contributed by atoms with E-state index in [2.05, 4.69) is 4.90 Å². The Kier molecular flexibility index (Phi) is 6.01. The molecule has 0 bridgehead atoms. The van der Waals surface area contributed by atoms with E-state index in [9.17, 15) is 13.2 Å². The third kappa shape index (κ3) is 5.79. The van der Waals surface area contributed by atoms with E-state index in [0.29, 0.717) is 13.0 Å². The molecule has 0 N–H and O–H groups in total. The smallest absolute Gasteiger partial charge is 0.323 e. The van der Waals surface area contributed by atoms with Gasteiger partial charge in [0.05, 0.1) is 5.75 Å². The van der Waals surface area contributed by atoms with Gasteiger partial charge in [-0.2, -0.15) is 0 Å². The van der Waals surface area contributed by atoms with Crippen LogP contribution in [0.2, 0.25) is 0 Å². The molecule has 0 amide bonds. The summed E-state index contributed by atoms with van der Waals surface area (Å²) in [4.78, 5) is 14.2. The predicted molar refractivity (Wildman–Crippen MR) is 79.4 cm³/mol. The summed E-state index contributed by atoms with van der Waals surface area (Å²) in [7, 11) is -2.92. The number of sulfone groups is 1. The van der Waals surface area contributed by atoms with Crippen LogP contribution in [0.1, 0.15) is 47.0 Å². The number of esters is 1. The van der Waals surface area contributed by atoms with Crippen LogP contribution in [0, 0.1) is 0 Å². The van der Waals surface area contributed by atoms with Gasteiger partial charge in [-0.1, -0.05) is 6.92 Å². The largest absolute Gasteiger partial charge is 0.459 e. The van der Waals surface area contributed by atoms with Crippen molar-refractivity contribution in [3.05, 3.63) is 0 Å². The molecule has 0 radical (unpaired) electrons. The molecule has 0 aromatic rings. The summed E-state index contributed by atoms with van der Waals surface area (Å²) in [6.45, 7) is 8.72. The van der Waals surface area contributed by atoms with Crippen LogP contribution in [0.3, 0.4) is 0 Å². The van der Waals surface area contributed by atoms with Gasteiger partial charge in [0, 0.05) is 5.75 Å². The number of carbonyl (C=O) groups is 1. The highest BCUT2D eigenvalue weighted by molar-refractivity contribution is 7.91. The molecule has 1 atom stereocenters. The van der Waals surface area contributed by atoms with Crippen LogP contribution in [-0.2, 0) is 19.4 Å². The van der Waals surface area contributed by atoms with Crippen molar-refractivity contribution in [3.8, 4) is 0 Å². The molecule has 0 aliphatic carbocycles. The summed E-state index contributed by atoms with van der Waals surface area (Å²) < 4.78 is 28.4. The zero-order valence-electron chi connectivity index (χ0n) is 13.0. The lowest BCUT2D eigenvalue weighted by atomic mass is 10.1. The second kappa shape index (κ2) is 6.89. The Bertz CT molecular complexity index is 425. The molecule has 118 valence electrons. The number of rotatable bonds is 6. The topological polar surface area (TPSA) is 63.7 Å². The van der Waals surface area contributed by atoms with E-state index in [1.807, 2.05) is 20.8 Å². The number of hydrogen-bond donors (Lipinski definition) is 0. The Hall–Kier alpha value is -0.620. The van der Waals surface area contributed by atoms with Gasteiger partial charge in [-0.15, -0.1) is 0 Å². The standard InChI is InChI=1S/C14H27NO4S/c1-5-20(17,18)11-7-10-15-9-6-8-12(15)13(16)19-14(2,3)4/h12H,5-11H2,1-4H3/t12-/m0/s1. The molecule has 1 aliphatic rings. The summed E-state index contributed by atoms with van der Waals surface area (Å²) in [6, 6.07) is -0.210. The Balaban J connectivity index is 2.47. The minimum Gasteiger partial charge on any atom is -0.459 e. The molecule has 1 rings (SSSR count). The summed E-state index contributed by atoms with van der Waals surface area (Å²) in [5.41, 5.74) is -0.475. The molecule has 0 unspecified atom stereocenters. The molecule has 1 heterocycles. The van der Waals surface area contributed by atoms with E-state index in [1.165, 1.54) is 0 Å². The average molecular weight is 305 g/mol. The van der Waals surface area contributed by atoms with E-state index >= 15 is 0 Å². The highest BCUT2D eigenvalue weighted by atomic mass is 32.2. The zero-order valence-corrected chi connectivity index (χ0v) is 13.8. The first-order chi connectivity index (χ1) is 9.14. The molecular weight excluding hydrogens is 278 g/mol. The Labute approximate surface area is 122 Å². The fraction of sp³-hybridized carbons (Fsp3) is 0.929. The maximum atomic E-state index is 12.1. The normalized spacial score (nSPS) is 21.1. The molecule has 0 aromatic heterocycles. The van der Waals surface area contributed by atoms with Gasteiger partial charge in [-0.25, -0.2) is 8.42 Å². The van der Waals surface area contributed by atoms with Crippen molar-refractivity contribution in [1.29, 1.82) is 0 Å².